The topological polar surface area (TPSA) is 69.6 Å². The predicted octanol–water partition coefficient (Wildman–Crippen LogP) is 0.378. The zero-order valence-electron chi connectivity index (χ0n) is 10.3. The van der Waals surface area contributed by atoms with E-state index >= 15 is 0 Å². The maximum Gasteiger partial charge on any atom is 0.279 e. The van der Waals surface area contributed by atoms with Gasteiger partial charge >= 0.3 is 0 Å². The number of nitrogens with one attached hydrogen (secondary N) is 1. The molecule has 0 aliphatic rings. The van der Waals surface area contributed by atoms with Gasteiger partial charge in [-0.3, -0.25) is 0 Å². The number of aliphatic hydroxyl groups excluding tert-OH is 1. The minimum absolute atomic E-state index is 0.0275. The summed E-state index contributed by atoms with van der Waals surface area (Å²) in [5.41, 5.74) is 0.801. The van der Waals surface area contributed by atoms with Crippen molar-refractivity contribution in [3.8, 4) is 11.8 Å². The van der Waals surface area contributed by atoms with Crippen LogP contribution in [0.4, 0.5) is 0 Å². The molecule has 0 aliphatic heterocycles. The Morgan fingerprint density at radius 1 is 1.50 bits per heavy atom. The van der Waals surface area contributed by atoms with Gasteiger partial charge in [0, 0.05) is 37.5 Å². The highest BCUT2D eigenvalue weighted by molar-refractivity contribution is 7.87. The fourth-order valence-electron chi connectivity index (χ4n) is 1.09. The van der Waals surface area contributed by atoms with Gasteiger partial charge in [0.05, 0.1) is 6.61 Å². The fraction of sp³-hybridized carbons (Fsp3) is 0.455. The van der Waals surface area contributed by atoms with Crippen LogP contribution in [0.15, 0.2) is 11.4 Å². The Morgan fingerprint density at radius 3 is 2.83 bits per heavy atom. The first-order valence-electron chi connectivity index (χ1n) is 5.30. The third-order valence-electron chi connectivity index (χ3n) is 2.10. The van der Waals surface area contributed by atoms with Gasteiger partial charge in [-0.2, -0.15) is 17.4 Å². The lowest BCUT2D eigenvalue weighted by atomic mass is 10.2. The van der Waals surface area contributed by atoms with E-state index in [-0.39, 0.29) is 13.2 Å². The van der Waals surface area contributed by atoms with Crippen molar-refractivity contribution in [2.75, 3.05) is 20.7 Å². The van der Waals surface area contributed by atoms with E-state index in [0.717, 1.165) is 14.7 Å². The molecule has 0 saturated carbocycles. The van der Waals surface area contributed by atoms with E-state index in [4.69, 9.17) is 5.11 Å². The highest BCUT2D eigenvalue weighted by atomic mass is 32.2. The lowest BCUT2D eigenvalue weighted by Crippen LogP contribution is -2.35. The molecule has 0 fully saturated rings. The average molecular weight is 288 g/mol. The molecule has 0 unspecified atom stereocenters. The SMILES string of the molecule is CN(C)S(=O)(=O)NCc1sccc1C#CCCO. The van der Waals surface area contributed by atoms with E-state index in [9.17, 15) is 8.42 Å². The van der Waals surface area contributed by atoms with E-state index in [0.29, 0.717) is 6.42 Å². The van der Waals surface area contributed by atoms with Crippen LogP contribution in [0.25, 0.3) is 0 Å². The van der Waals surface area contributed by atoms with E-state index < -0.39 is 10.2 Å². The van der Waals surface area contributed by atoms with Crippen LogP contribution in [0, 0.1) is 11.8 Å². The highest BCUT2D eigenvalue weighted by Crippen LogP contribution is 2.15. The van der Waals surface area contributed by atoms with Gasteiger partial charge in [0.25, 0.3) is 10.2 Å². The quantitative estimate of drug-likeness (QED) is 0.770. The second kappa shape index (κ2) is 6.87. The molecule has 0 aliphatic carbocycles. The summed E-state index contributed by atoms with van der Waals surface area (Å²) in [6.07, 6.45) is 0.415. The normalized spacial score (nSPS) is 11.3. The molecule has 0 spiro atoms. The molecule has 1 rings (SSSR count). The molecule has 0 atom stereocenters. The maximum absolute atomic E-state index is 11.5. The molecule has 0 bridgehead atoms. The van der Waals surface area contributed by atoms with Crippen molar-refractivity contribution in [2.24, 2.45) is 0 Å². The predicted molar refractivity (Wildman–Crippen MR) is 72.3 cm³/mol. The summed E-state index contributed by atoms with van der Waals surface area (Å²) >= 11 is 1.45. The smallest absolute Gasteiger partial charge is 0.279 e. The van der Waals surface area contributed by atoms with Gasteiger partial charge in [0.1, 0.15) is 0 Å². The molecule has 18 heavy (non-hydrogen) atoms. The number of hydrogen-bond acceptors (Lipinski definition) is 4. The molecule has 0 aromatic carbocycles. The second-order valence-corrected chi connectivity index (χ2v) is 6.61. The summed E-state index contributed by atoms with van der Waals surface area (Å²) < 4.78 is 26.7. The standard InChI is InChI=1S/C11H16N2O3S2/c1-13(2)18(15,16)12-9-11-10(6-8-17-11)5-3-4-7-14/h6,8,12,14H,4,7,9H2,1-2H3. The van der Waals surface area contributed by atoms with E-state index in [1.807, 2.05) is 11.4 Å². The molecule has 0 radical (unpaired) electrons. The Labute approximate surface area is 112 Å². The second-order valence-electron chi connectivity index (χ2n) is 3.64. The molecule has 1 aromatic rings. The Kier molecular flexibility index (Phi) is 5.78. The minimum atomic E-state index is -3.41. The third-order valence-corrected chi connectivity index (χ3v) is 4.49. The van der Waals surface area contributed by atoms with Crippen molar-refractivity contribution in [3.05, 3.63) is 21.9 Å². The summed E-state index contributed by atoms with van der Waals surface area (Å²) in [6.45, 7) is 0.251. The van der Waals surface area contributed by atoms with Crippen molar-refractivity contribution in [1.29, 1.82) is 0 Å². The average Bonchev–Trinajstić information content (AvgIpc) is 2.74. The van der Waals surface area contributed by atoms with Gasteiger partial charge in [0.2, 0.25) is 0 Å². The van der Waals surface area contributed by atoms with Gasteiger partial charge < -0.3 is 5.11 Å². The molecule has 2 N–H and O–H groups in total. The summed E-state index contributed by atoms with van der Waals surface area (Å²) in [5.74, 6) is 5.73. The summed E-state index contributed by atoms with van der Waals surface area (Å²) in [4.78, 5) is 0.867. The van der Waals surface area contributed by atoms with Crippen molar-refractivity contribution in [2.45, 2.75) is 13.0 Å². The lowest BCUT2D eigenvalue weighted by molar-refractivity contribution is 0.305. The van der Waals surface area contributed by atoms with Crippen LogP contribution < -0.4 is 4.72 Å². The number of thiophene rings is 1. The Balaban J connectivity index is 2.70. The van der Waals surface area contributed by atoms with Gasteiger partial charge in [-0.05, 0) is 11.4 Å². The molecular formula is C11H16N2O3S2. The summed E-state index contributed by atoms with van der Waals surface area (Å²) in [5, 5.41) is 10.5. The van der Waals surface area contributed by atoms with E-state index in [1.54, 1.807) is 0 Å². The van der Waals surface area contributed by atoms with Crippen LogP contribution in [-0.4, -0.2) is 38.5 Å². The third kappa shape index (κ3) is 4.40. The van der Waals surface area contributed by atoms with Crippen molar-refractivity contribution in [3.63, 3.8) is 0 Å². The maximum atomic E-state index is 11.5. The Hall–Kier alpha value is -0.910. The number of aliphatic hydroxyl groups is 1. The van der Waals surface area contributed by atoms with E-state index in [2.05, 4.69) is 16.6 Å². The molecule has 7 heteroatoms. The minimum Gasteiger partial charge on any atom is -0.395 e. The molecular weight excluding hydrogens is 272 g/mol. The monoisotopic (exact) mass is 288 g/mol. The molecule has 0 amide bonds. The van der Waals surface area contributed by atoms with Crippen LogP contribution in [0.5, 0.6) is 0 Å². The van der Waals surface area contributed by atoms with Crippen LogP contribution >= 0.6 is 11.3 Å². The number of rotatable bonds is 5. The zero-order valence-corrected chi connectivity index (χ0v) is 11.9. The van der Waals surface area contributed by atoms with Gasteiger partial charge in [0.15, 0.2) is 0 Å². The zero-order chi connectivity index (χ0) is 13.6. The van der Waals surface area contributed by atoms with Gasteiger partial charge in [-0.15, -0.1) is 11.3 Å². The first kappa shape index (κ1) is 15.1. The number of nitrogens with zero attached hydrogens (tertiary/aromatic N) is 1. The van der Waals surface area contributed by atoms with Crippen LogP contribution in [-0.2, 0) is 16.8 Å². The van der Waals surface area contributed by atoms with Gasteiger partial charge in [-0.1, -0.05) is 11.8 Å². The van der Waals surface area contributed by atoms with Crippen LogP contribution in [0.2, 0.25) is 0 Å². The van der Waals surface area contributed by atoms with Gasteiger partial charge in [-0.25, -0.2) is 0 Å². The molecule has 0 saturated heterocycles. The van der Waals surface area contributed by atoms with Crippen molar-refractivity contribution < 1.29 is 13.5 Å². The lowest BCUT2D eigenvalue weighted by Gasteiger charge is -2.11. The van der Waals surface area contributed by atoms with Crippen LogP contribution in [0.3, 0.4) is 0 Å². The largest absolute Gasteiger partial charge is 0.395 e. The number of hydrogen-bond donors (Lipinski definition) is 2. The summed E-state index contributed by atoms with van der Waals surface area (Å²) in [7, 11) is -0.472. The first-order chi connectivity index (χ1) is 8.47. The van der Waals surface area contributed by atoms with Crippen molar-refractivity contribution in [1.82, 2.24) is 9.03 Å². The first-order valence-corrected chi connectivity index (χ1v) is 7.62. The highest BCUT2D eigenvalue weighted by Gasteiger charge is 2.13. The molecule has 5 nitrogen and oxygen atoms in total. The Bertz CT molecular complexity index is 538. The molecule has 100 valence electrons. The molecule has 1 aromatic heterocycles. The van der Waals surface area contributed by atoms with Crippen molar-refractivity contribution >= 4 is 21.5 Å². The fourth-order valence-corrected chi connectivity index (χ4v) is 2.53. The summed E-state index contributed by atoms with van der Waals surface area (Å²) in [6, 6.07) is 1.84. The Morgan fingerprint density at radius 2 is 2.22 bits per heavy atom. The van der Waals surface area contributed by atoms with Crippen LogP contribution in [0.1, 0.15) is 16.9 Å². The van der Waals surface area contributed by atoms with E-state index in [1.165, 1.54) is 25.4 Å². The molecule has 1 heterocycles.